The quantitative estimate of drug-likeness (QED) is 0.498. The Morgan fingerprint density at radius 3 is 2.82 bits per heavy atom. The lowest BCUT2D eigenvalue weighted by atomic mass is 10.4. The highest BCUT2D eigenvalue weighted by Gasteiger charge is 2.12. The van der Waals surface area contributed by atoms with Crippen LogP contribution in [0.1, 0.15) is 19.8 Å². The third-order valence-corrected chi connectivity index (χ3v) is 1.49. The predicted molar refractivity (Wildman–Crippen MR) is 43.0 cm³/mol. The molecule has 0 fully saturated rings. The molecule has 66 valence electrons. The van der Waals surface area contributed by atoms with Crippen molar-refractivity contribution < 1.29 is 14.6 Å². The van der Waals surface area contributed by atoms with Crippen LogP contribution in [0.3, 0.4) is 0 Å². The number of halogens is 1. The molecule has 1 N–H and O–H groups in total. The van der Waals surface area contributed by atoms with E-state index in [0.29, 0.717) is 6.61 Å². The first kappa shape index (κ1) is 10.7. The van der Waals surface area contributed by atoms with Crippen molar-refractivity contribution in [1.29, 1.82) is 0 Å². The minimum atomic E-state index is -1.02. The smallest absolute Gasteiger partial charge is 0.324 e. The highest BCUT2D eigenvalue weighted by molar-refractivity contribution is 6.29. The molecule has 0 aromatic heterocycles. The van der Waals surface area contributed by atoms with Crippen LogP contribution in [0.25, 0.3) is 0 Å². The number of carbonyl (C=O) groups is 1. The van der Waals surface area contributed by atoms with E-state index in [1.54, 1.807) is 0 Å². The molecule has 0 aliphatic carbocycles. The molecular weight excluding hydrogens is 168 g/mol. The number of carboxylic acids is 1. The fraction of sp³-hybridized carbons (Fsp3) is 0.857. The maximum absolute atomic E-state index is 10.2. The van der Waals surface area contributed by atoms with E-state index in [2.05, 4.69) is 0 Å². The summed E-state index contributed by atoms with van der Waals surface area (Å²) < 4.78 is 4.98. The van der Waals surface area contributed by atoms with E-state index in [1.807, 2.05) is 6.92 Å². The standard InChI is InChI=1S/C7H13ClO3/c1-2-3-4-11-5-6(8)7(9)10/h6H,2-5H2,1H3,(H,9,10). The van der Waals surface area contributed by atoms with Crippen LogP contribution < -0.4 is 0 Å². The zero-order valence-corrected chi connectivity index (χ0v) is 7.30. The molecule has 0 aromatic carbocycles. The Morgan fingerprint density at radius 1 is 1.73 bits per heavy atom. The Kier molecular flexibility index (Phi) is 6.27. The number of rotatable bonds is 6. The highest BCUT2D eigenvalue weighted by atomic mass is 35.5. The maximum Gasteiger partial charge on any atom is 0.324 e. The van der Waals surface area contributed by atoms with Crippen LogP contribution in [0.5, 0.6) is 0 Å². The Bertz CT molecular complexity index is 116. The number of hydrogen-bond acceptors (Lipinski definition) is 2. The maximum atomic E-state index is 10.2. The van der Waals surface area contributed by atoms with Crippen LogP contribution >= 0.6 is 11.6 Å². The van der Waals surface area contributed by atoms with Gasteiger partial charge in [0.25, 0.3) is 0 Å². The molecule has 4 heteroatoms. The second-order valence-corrected chi connectivity index (χ2v) is 2.76. The third kappa shape index (κ3) is 6.13. The number of hydrogen-bond donors (Lipinski definition) is 1. The van der Waals surface area contributed by atoms with Crippen molar-refractivity contribution in [3.8, 4) is 0 Å². The molecular formula is C7H13ClO3. The number of unbranched alkanes of at least 4 members (excludes halogenated alkanes) is 1. The van der Waals surface area contributed by atoms with Gasteiger partial charge in [0, 0.05) is 6.61 Å². The van der Waals surface area contributed by atoms with Crippen molar-refractivity contribution in [2.45, 2.75) is 25.1 Å². The van der Waals surface area contributed by atoms with E-state index in [4.69, 9.17) is 21.4 Å². The molecule has 0 bridgehead atoms. The van der Waals surface area contributed by atoms with E-state index >= 15 is 0 Å². The molecule has 0 spiro atoms. The molecule has 0 aliphatic rings. The largest absolute Gasteiger partial charge is 0.480 e. The van der Waals surface area contributed by atoms with Gasteiger partial charge in [-0.05, 0) is 6.42 Å². The van der Waals surface area contributed by atoms with Gasteiger partial charge in [0.2, 0.25) is 0 Å². The lowest BCUT2D eigenvalue weighted by Crippen LogP contribution is -2.19. The minimum absolute atomic E-state index is 0.0941. The van der Waals surface area contributed by atoms with E-state index < -0.39 is 11.3 Å². The minimum Gasteiger partial charge on any atom is -0.480 e. The summed E-state index contributed by atoms with van der Waals surface area (Å²) >= 11 is 5.37. The van der Waals surface area contributed by atoms with E-state index in [-0.39, 0.29) is 6.61 Å². The molecule has 0 amide bonds. The molecule has 0 saturated carbocycles. The summed E-state index contributed by atoms with van der Waals surface area (Å²) in [5.74, 6) is -1.02. The third-order valence-electron chi connectivity index (χ3n) is 1.17. The predicted octanol–water partition coefficient (Wildman–Crippen LogP) is 1.50. The van der Waals surface area contributed by atoms with E-state index in [1.165, 1.54) is 0 Å². The zero-order chi connectivity index (χ0) is 8.69. The van der Waals surface area contributed by atoms with E-state index in [0.717, 1.165) is 12.8 Å². The van der Waals surface area contributed by atoms with Crippen LogP contribution in [-0.2, 0) is 9.53 Å². The summed E-state index contributed by atoms with van der Waals surface area (Å²) in [6.07, 6.45) is 1.99. The molecule has 0 radical (unpaired) electrons. The molecule has 0 rings (SSSR count). The average molecular weight is 181 g/mol. The molecule has 3 nitrogen and oxygen atoms in total. The Labute approximate surface area is 71.3 Å². The first-order valence-electron chi connectivity index (χ1n) is 3.63. The molecule has 1 unspecified atom stereocenters. The van der Waals surface area contributed by atoms with Crippen molar-refractivity contribution in [2.24, 2.45) is 0 Å². The van der Waals surface area contributed by atoms with Crippen molar-refractivity contribution >= 4 is 17.6 Å². The molecule has 1 atom stereocenters. The fourth-order valence-corrected chi connectivity index (χ4v) is 0.594. The van der Waals surface area contributed by atoms with Gasteiger partial charge >= 0.3 is 5.97 Å². The van der Waals surface area contributed by atoms with Crippen molar-refractivity contribution in [3.05, 3.63) is 0 Å². The topological polar surface area (TPSA) is 46.5 Å². The molecule has 0 heterocycles. The summed E-state index contributed by atoms with van der Waals surface area (Å²) in [7, 11) is 0. The van der Waals surface area contributed by atoms with Gasteiger partial charge < -0.3 is 9.84 Å². The van der Waals surface area contributed by atoms with Gasteiger partial charge in [-0.3, -0.25) is 4.79 Å². The van der Waals surface area contributed by atoms with Gasteiger partial charge in [-0.15, -0.1) is 11.6 Å². The second kappa shape index (κ2) is 6.43. The normalized spacial score (nSPS) is 12.9. The van der Waals surface area contributed by atoms with E-state index in [9.17, 15) is 4.79 Å². The molecule has 0 saturated heterocycles. The van der Waals surface area contributed by atoms with Crippen molar-refractivity contribution in [3.63, 3.8) is 0 Å². The van der Waals surface area contributed by atoms with Crippen LogP contribution in [0.15, 0.2) is 0 Å². The summed E-state index contributed by atoms with van der Waals surface area (Å²) in [4.78, 5) is 10.2. The molecule has 11 heavy (non-hydrogen) atoms. The van der Waals surface area contributed by atoms with Gasteiger partial charge in [0.1, 0.15) is 0 Å². The second-order valence-electron chi connectivity index (χ2n) is 2.23. The van der Waals surface area contributed by atoms with Crippen LogP contribution in [0, 0.1) is 0 Å². The summed E-state index contributed by atoms with van der Waals surface area (Å²) in [5, 5.41) is 7.42. The summed E-state index contributed by atoms with van der Waals surface area (Å²) in [6.45, 7) is 2.72. The van der Waals surface area contributed by atoms with Gasteiger partial charge in [0.05, 0.1) is 6.61 Å². The lowest BCUT2D eigenvalue weighted by molar-refractivity contribution is -0.137. The SMILES string of the molecule is CCCCOCC(Cl)C(=O)O. The lowest BCUT2D eigenvalue weighted by Gasteiger charge is -2.04. The summed E-state index contributed by atoms with van der Waals surface area (Å²) in [6, 6.07) is 0. The zero-order valence-electron chi connectivity index (χ0n) is 6.55. The summed E-state index contributed by atoms with van der Waals surface area (Å²) in [5.41, 5.74) is 0. The molecule has 0 aromatic rings. The number of alkyl halides is 1. The fourth-order valence-electron chi connectivity index (χ4n) is 0.504. The van der Waals surface area contributed by atoms with Gasteiger partial charge in [-0.25, -0.2) is 0 Å². The first-order chi connectivity index (χ1) is 5.18. The highest BCUT2D eigenvalue weighted by Crippen LogP contribution is 1.97. The average Bonchev–Trinajstić information content (AvgIpc) is 1.97. The number of aliphatic carboxylic acids is 1. The van der Waals surface area contributed by atoms with Gasteiger partial charge in [0.15, 0.2) is 5.38 Å². The van der Waals surface area contributed by atoms with Crippen molar-refractivity contribution in [2.75, 3.05) is 13.2 Å². The monoisotopic (exact) mass is 180 g/mol. The number of ether oxygens (including phenoxy) is 1. The van der Waals surface area contributed by atoms with Crippen molar-refractivity contribution in [1.82, 2.24) is 0 Å². The number of carboxylic acid groups (broad SMARTS) is 1. The van der Waals surface area contributed by atoms with Crippen LogP contribution in [-0.4, -0.2) is 29.7 Å². The van der Waals surface area contributed by atoms with Gasteiger partial charge in [-0.2, -0.15) is 0 Å². The molecule has 0 aliphatic heterocycles. The van der Waals surface area contributed by atoms with Gasteiger partial charge in [-0.1, -0.05) is 13.3 Å². The Hall–Kier alpha value is -0.280. The first-order valence-corrected chi connectivity index (χ1v) is 4.06. The van der Waals surface area contributed by atoms with Crippen LogP contribution in [0.2, 0.25) is 0 Å². The van der Waals surface area contributed by atoms with Crippen LogP contribution in [0.4, 0.5) is 0 Å². The Balaban J connectivity index is 3.17. The Morgan fingerprint density at radius 2 is 2.36 bits per heavy atom.